The Bertz CT molecular complexity index is 1300. The summed E-state index contributed by atoms with van der Waals surface area (Å²) >= 11 is 0. The molecule has 1 N–H and O–H groups in total. The zero-order valence-electron chi connectivity index (χ0n) is 21.9. The van der Waals surface area contributed by atoms with Crippen LogP contribution >= 0.6 is 0 Å². The van der Waals surface area contributed by atoms with Gasteiger partial charge in [0, 0.05) is 6.54 Å². The Kier molecular flexibility index (Phi) is 8.00. The Labute approximate surface area is 225 Å². The van der Waals surface area contributed by atoms with E-state index in [0.717, 1.165) is 16.7 Å². The lowest BCUT2D eigenvalue weighted by Gasteiger charge is -2.31. The van der Waals surface area contributed by atoms with E-state index in [1.54, 1.807) is 12.1 Å². The number of nitrogens with one attached hydrogen (secondary N) is 1. The Balaban J connectivity index is 1.42. The SMILES string of the molecule is Cc1ccc(S(=O)(=O)C[C@H](NCc2ccccc2)[C@H]2O[C@@H]3OC(C)(C)O[C@@H]3[C@H]2OCc2ccccc2)cc1. The average molecular weight is 538 g/mol. The predicted octanol–water partition coefficient (Wildman–Crippen LogP) is 4.39. The van der Waals surface area contributed by atoms with Crippen LogP contribution in [0.25, 0.3) is 0 Å². The molecular formula is C30H35NO6S. The standard InChI is InChI=1S/C30H35NO6S/c1-21-14-16-24(17-15-21)38(32,33)20-25(31-18-22-10-6-4-7-11-22)26-27(34-19-23-12-8-5-9-13-23)28-29(35-26)37-30(2,3)36-28/h4-17,25-29,31H,18-20H2,1-3H3/t25-,26+,27-,28+,29+/m0/s1. The summed E-state index contributed by atoms with van der Waals surface area (Å²) in [6.45, 7) is 6.43. The molecular weight excluding hydrogens is 502 g/mol. The molecule has 2 heterocycles. The molecule has 8 heteroatoms. The van der Waals surface area contributed by atoms with Crippen LogP contribution in [-0.4, -0.2) is 50.6 Å². The normalized spacial score (nSPS) is 25.2. The first-order chi connectivity index (χ1) is 18.2. The van der Waals surface area contributed by atoms with Crippen LogP contribution in [-0.2, 0) is 41.9 Å². The summed E-state index contributed by atoms with van der Waals surface area (Å²) in [4.78, 5) is 0.281. The van der Waals surface area contributed by atoms with E-state index in [1.165, 1.54) is 0 Å². The molecule has 0 amide bonds. The highest BCUT2D eigenvalue weighted by Crippen LogP contribution is 2.40. The topological polar surface area (TPSA) is 83.1 Å². The van der Waals surface area contributed by atoms with Gasteiger partial charge in [0.05, 0.1) is 23.3 Å². The molecule has 0 unspecified atom stereocenters. The Morgan fingerprint density at radius 3 is 2.18 bits per heavy atom. The van der Waals surface area contributed by atoms with Gasteiger partial charge in [-0.2, -0.15) is 0 Å². The van der Waals surface area contributed by atoms with Crippen molar-refractivity contribution >= 4 is 9.84 Å². The maximum Gasteiger partial charge on any atom is 0.190 e. The first kappa shape index (κ1) is 27.0. The van der Waals surface area contributed by atoms with Crippen LogP contribution in [0.4, 0.5) is 0 Å². The van der Waals surface area contributed by atoms with Gasteiger partial charge in [-0.3, -0.25) is 0 Å². The van der Waals surface area contributed by atoms with Crippen molar-refractivity contribution in [1.29, 1.82) is 0 Å². The highest BCUT2D eigenvalue weighted by molar-refractivity contribution is 7.91. The molecule has 5 atom stereocenters. The number of hydrogen-bond acceptors (Lipinski definition) is 7. The van der Waals surface area contributed by atoms with Crippen LogP contribution in [0.15, 0.2) is 89.8 Å². The zero-order chi connectivity index (χ0) is 26.8. The molecule has 2 fully saturated rings. The van der Waals surface area contributed by atoms with Crippen molar-refractivity contribution in [3.63, 3.8) is 0 Å². The molecule has 0 aromatic heterocycles. The lowest BCUT2D eigenvalue weighted by molar-refractivity contribution is -0.221. The monoisotopic (exact) mass is 537 g/mol. The van der Waals surface area contributed by atoms with Gasteiger partial charge < -0.3 is 24.3 Å². The number of sulfone groups is 1. The molecule has 3 aromatic carbocycles. The molecule has 0 spiro atoms. The molecule has 5 rings (SSSR count). The summed E-state index contributed by atoms with van der Waals surface area (Å²) in [6.07, 6.45) is -2.29. The number of hydrogen-bond donors (Lipinski definition) is 1. The van der Waals surface area contributed by atoms with Crippen LogP contribution in [0, 0.1) is 6.92 Å². The van der Waals surface area contributed by atoms with Gasteiger partial charge in [-0.15, -0.1) is 0 Å². The smallest absolute Gasteiger partial charge is 0.190 e. The number of rotatable bonds is 10. The van der Waals surface area contributed by atoms with Crippen molar-refractivity contribution in [3.05, 3.63) is 102 Å². The fourth-order valence-electron chi connectivity index (χ4n) is 4.98. The van der Waals surface area contributed by atoms with E-state index in [0.29, 0.717) is 13.2 Å². The van der Waals surface area contributed by atoms with E-state index in [-0.39, 0.29) is 10.6 Å². The van der Waals surface area contributed by atoms with Gasteiger partial charge in [-0.25, -0.2) is 8.42 Å². The van der Waals surface area contributed by atoms with Crippen molar-refractivity contribution in [3.8, 4) is 0 Å². The minimum atomic E-state index is -3.63. The van der Waals surface area contributed by atoms with Gasteiger partial charge in [0.1, 0.15) is 18.3 Å². The molecule has 7 nitrogen and oxygen atoms in total. The number of aryl methyl sites for hydroxylation is 1. The van der Waals surface area contributed by atoms with E-state index in [4.69, 9.17) is 18.9 Å². The maximum atomic E-state index is 13.6. The minimum absolute atomic E-state index is 0.165. The van der Waals surface area contributed by atoms with E-state index < -0.39 is 46.3 Å². The molecule has 2 aliphatic rings. The van der Waals surface area contributed by atoms with Crippen LogP contribution in [0.3, 0.4) is 0 Å². The number of fused-ring (bicyclic) bond motifs is 1. The summed E-state index contributed by atoms with van der Waals surface area (Å²) in [5, 5.41) is 3.46. The third-order valence-corrected chi connectivity index (χ3v) is 8.69. The van der Waals surface area contributed by atoms with E-state index in [9.17, 15) is 8.42 Å². The minimum Gasteiger partial charge on any atom is -0.368 e. The van der Waals surface area contributed by atoms with Gasteiger partial charge in [0.15, 0.2) is 21.9 Å². The van der Waals surface area contributed by atoms with Gasteiger partial charge in [-0.1, -0.05) is 78.4 Å². The van der Waals surface area contributed by atoms with Crippen LogP contribution in [0.5, 0.6) is 0 Å². The Morgan fingerprint density at radius 2 is 1.53 bits per heavy atom. The third kappa shape index (κ3) is 6.34. The summed E-state index contributed by atoms with van der Waals surface area (Å²) in [5.41, 5.74) is 3.05. The molecule has 2 aliphatic heterocycles. The molecule has 0 bridgehead atoms. The summed E-state index contributed by atoms with van der Waals surface area (Å²) in [7, 11) is -3.63. The van der Waals surface area contributed by atoms with E-state index in [1.807, 2.05) is 93.6 Å². The summed E-state index contributed by atoms with van der Waals surface area (Å²) in [5.74, 6) is -0.989. The average Bonchev–Trinajstić information content (AvgIpc) is 3.38. The molecule has 38 heavy (non-hydrogen) atoms. The van der Waals surface area contributed by atoms with Crippen molar-refractivity contribution in [2.45, 2.75) is 75.2 Å². The van der Waals surface area contributed by atoms with Gasteiger partial charge in [0.25, 0.3) is 0 Å². The highest BCUT2D eigenvalue weighted by atomic mass is 32.2. The Hall–Kier alpha value is -2.59. The van der Waals surface area contributed by atoms with Crippen LogP contribution in [0.1, 0.15) is 30.5 Å². The number of benzene rings is 3. The second-order valence-corrected chi connectivity index (χ2v) is 12.4. The molecule has 2 saturated heterocycles. The van der Waals surface area contributed by atoms with Gasteiger partial charge in [0.2, 0.25) is 0 Å². The molecule has 3 aromatic rings. The van der Waals surface area contributed by atoms with Crippen LogP contribution in [0.2, 0.25) is 0 Å². The lowest BCUT2D eigenvalue weighted by atomic mass is 10.0. The van der Waals surface area contributed by atoms with Crippen molar-refractivity contribution < 1.29 is 27.4 Å². The fraction of sp³-hybridized carbons (Fsp3) is 0.400. The quantitative estimate of drug-likeness (QED) is 0.411. The highest BCUT2D eigenvalue weighted by Gasteiger charge is 2.57. The Morgan fingerprint density at radius 1 is 0.895 bits per heavy atom. The molecule has 0 radical (unpaired) electrons. The summed E-state index contributed by atoms with van der Waals surface area (Å²) in [6, 6.07) is 26.1. The molecule has 202 valence electrons. The van der Waals surface area contributed by atoms with E-state index in [2.05, 4.69) is 5.32 Å². The van der Waals surface area contributed by atoms with Crippen LogP contribution < -0.4 is 5.32 Å². The lowest BCUT2D eigenvalue weighted by Crippen LogP contribution is -2.51. The first-order valence-electron chi connectivity index (χ1n) is 12.9. The predicted molar refractivity (Wildman–Crippen MR) is 144 cm³/mol. The van der Waals surface area contributed by atoms with Crippen molar-refractivity contribution in [2.24, 2.45) is 0 Å². The van der Waals surface area contributed by atoms with Gasteiger partial charge >= 0.3 is 0 Å². The molecule has 0 saturated carbocycles. The van der Waals surface area contributed by atoms with E-state index >= 15 is 0 Å². The van der Waals surface area contributed by atoms with Crippen molar-refractivity contribution in [1.82, 2.24) is 5.32 Å². The first-order valence-corrected chi connectivity index (χ1v) is 14.6. The maximum absolute atomic E-state index is 13.6. The number of ether oxygens (including phenoxy) is 4. The largest absolute Gasteiger partial charge is 0.368 e. The summed E-state index contributed by atoms with van der Waals surface area (Å²) < 4.78 is 52.1. The molecule has 0 aliphatic carbocycles. The fourth-order valence-corrected chi connectivity index (χ4v) is 6.50. The zero-order valence-corrected chi connectivity index (χ0v) is 22.8. The third-order valence-electron chi connectivity index (χ3n) is 6.90. The van der Waals surface area contributed by atoms with Crippen molar-refractivity contribution in [2.75, 3.05) is 5.75 Å². The second-order valence-electron chi connectivity index (χ2n) is 10.4. The second kappa shape index (κ2) is 11.3. The van der Waals surface area contributed by atoms with Gasteiger partial charge in [-0.05, 0) is 44.0 Å².